The molecule has 18 heavy (non-hydrogen) atoms. The third kappa shape index (κ3) is 4.58. The Bertz CT molecular complexity index is 267. The molecule has 1 aliphatic rings. The molecule has 4 nitrogen and oxygen atoms in total. The van der Waals surface area contributed by atoms with E-state index in [1.54, 1.807) is 0 Å². The van der Waals surface area contributed by atoms with E-state index < -0.39 is 0 Å². The molecule has 0 aliphatic heterocycles. The summed E-state index contributed by atoms with van der Waals surface area (Å²) in [5.74, 6) is 0.0582. The number of rotatable bonds is 5. The second kappa shape index (κ2) is 6.53. The Balaban J connectivity index is 2.63. The van der Waals surface area contributed by atoms with Crippen LogP contribution in [-0.2, 0) is 4.79 Å². The lowest BCUT2D eigenvalue weighted by molar-refractivity contribution is -0.128. The SMILES string of the molecule is CC(C(=O)NC(C)(C)C)N(CCO)C1CCCC1. The van der Waals surface area contributed by atoms with Gasteiger partial charge >= 0.3 is 0 Å². The van der Waals surface area contributed by atoms with E-state index in [1.165, 1.54) is 12.8 Å². The molecule has 106 valence electrons. The summed E-state index contributed by atoms with van der Waals surface area (Å²) in [6, 6.07) is 0.289. The Morgan fingerprint density at radius 2 is 1.94 bits per heavy atom. The normalized spacial score (nSPS) is 19.2. The van der Waals surface area contributed by atoms with E-state index in [9.17, 15) is 9.90 Å². The molecule has 0 aromatic heterocycles. The Morgan fingerprint density at radius 1 is 1.39 bits per heavy atom. The van der Waals surface area contributed by atoms with Gasteiger partial charge in [0.1, 0.15) is 0 Å². The summed E-state index contributed by atoms with van der Waals surface area (Å²) in [6.45, 7) is 8.61. The van der Waals surface area contributed by atoms with Crippen LogP contribution in [0.25, 0.3) is 0 Å². The summed E-state index contributed by atoms with van der Waals surface area (Å²) in [6.07, 6.45) is 4.76. The molecule has 0 spiro atoms. The topological polar surface area (TPSA) is 52.6 Å². The van der Waals surface area contributed by atoms with Crippen molar-refractivity contribution >= 4 is 5.91 Å². The van der Waals surface area contributed by atoms with Crippen molar-refractivity contribution in [2.45, 2.75) is 71.0 Å². The van der Waals surface area contributed by atoms with Crippen molar-refractivity contribution in [2.75, 3.05) is 13.2 Å². The van der Waals surface area contributed by atoms with Crippen molar-refractivity contribution in [3.8, 4) is 0 Å². The lowest BCUT2D eigenvalue weighted by Gasteiger charge is -2.34. The van der Waals surface area contributed by atoms with Crippen LogP contribution in [0.1, 0.15) is 53.4 Å². The van der Waals surface area contributed by atoms with E-state index in [0.717, 1.165) is 12.8 Å². The molecule has 1 saturated carbocycles. The standard InChI is InChI=1S/C14H28N2O2/c1-11(13(18)15-14(2,3)4)16(9-10-17)12-7-5-6-8-12/h11-12,17H,5-10H2,1-4H3,(H,15,18). The number of carbonyl (C=O) groups excluding carboxylic acids is 1. The van der Waals surface area contributed by atoms with Crippen molar-refractivity contribution in [1.29, 1.82) is 0 Å². The molecular weight excluding hydrogens is 228 g/mol. The average Bonchev–Trinajstić information content (AvgIpc) is 2.75. The molecule has 0 saturated heterocycles. The van der Waals surface area contributed by atoms with Crippen LogP contribution >= 0.6 is 0 Å². The molecule has 1 fully saturated rings. The maximum atomic E-state index is 12.2. The zero-order chi connectivity index (χ0) is 13.8. The molecule has 1 atom stereocenters. The van der Waals surface area contributed by atoms with Gasteiger partial charge < -0.3 is 10.4 Å². The number of hydrogen-bond donors (Lipinski definition) is 2. The van der Waals surface area contributed by atoms with Crippen LogP contribution in [0.3, 0.4) is 0 Å². The van der Waals surface area contributed by atoms with E-state index in [0.29, 0.717) is 12.6 Å². The van der Waals surface area contributed by atoms with Gasteiger partial charge in [0.25, 0.3) is 0 Å². The minimum atomic E-state index is -0.202. The second-order valence-corrected chi connectivity index (χ2v) is 6.31. The van der Waals surface area contributed by atoms with Gasteiger partial charge in [0.05, 0.1) is 12.6 Å². The first-order valence-electron chi connectivity index (χ1n) is 7.04. The van der Waals surface area contributed by atoms with Crippen molar-refractivity contribution < 1.29 is 9.90 Å². The van der Waals surface area contributed by atoms with Crippen molar-refractivity contribution in [1.82, 2.24) is 10.2 Å². The predicted molar refractivity (Wildman–Crippen MR) is 73.4 cm³/mol. The molecule has 2 N–H and O–H groups in total. The fraction of sp³-hybridized carbons (Fsp3) is 0.929. The van der Waals surface area contributed by atoms with E-state index in [4.69, 9.17) is 0 Å². The summed E-state index contributed by atoms with van der Waals surface area (Å²) in [7, 11) is 0. The molecule has 0 heterocycles. The van der Waals surface area contributed by atoms with Crippen LogP contribution in [0, 0.1) is 0 Å². The highest BCUT2D eigenvalue weighted by molar-refractivity contribution is 5.82. The number of aliphatic hydroxyl groups excluding tert-OH is 1. The molecule has 1 aliphatic carbocycles. The molecule has 1 amide bonds. The number of nitrogens with zero attached hydrogens (tertiary/aromatic N) is 1. The Labute approximate surface area is 111 Å². The van der Waals surface area contributed by atoms with Crippen molar-refractivity contribution in [2.24, 2.45) is 0 Å². The average molecular weight is 256 g/mol. The minimum absolute atomic E-state index is 0.0582. The number of amides is 1. The maximum Gasteiger partial charge on any atom is 0.237 e. The van der Waals surface area contributed by atoms with Crippen LogP contribution in [0.15, 0.2) is 0 Å². The quantitative estimate of drug-likeness (QED) is 0.784. The number of carbonyl (C=O) groups is 1. The Kier molecular flexibility index (Phi) is 5.60. The molecule has 4 heteroatoms. The number of hydrogen-bond acceptors (Lipinski definition) is 3. The summed E-state index contributed by atoms with van der Waals surface area (Å²) >= 11 is 0. The monoisotopic (exact) mass is 256 g/mol. The van der Waals surface area contributed by atoms with Gasteiger partial charge in [0, 0.05) is 18.1 Å². The van der Waals surface area contributed by atoms with Gasteiger partial charge in [-0.3, -0.25) is 9.69 Å². The Morgan fingerprint density at radius 3 is 2.39 bits per heavy atom. The van der Waals surface area contributed by atoms with E-state index in [-0.39, 0.29) is 24.1 Å². The molecule has 1 unspecified atom stereocenters. The lowest BCUT2D eigenvalue weighted by Crippen LogP contribution is -2.53. The van der Waals surface area contributed by atoms with Crippen molar-refractivity contribution in [3.05, 3.63) is 0 Å². The fourth-order valence-electron chi connectivity index (χ4n) is 2.67. The van der Waals surface area contributed by atoms with Crippen LogP contribution in [0.2, 0.25) is 0 Å². The molecular formula is C14H28N2O2. The first-order valence-corrected chi connectivity index (χ1v) is 7.04. The predicted octanol–water partition coefficient (Wildman–Crippen LogP) is 1.53. The van der Waals surface area contributed by atoms with Crippen LogP contribution < -0.4 is 5.32 Å². The summed E-state index contributed by atoms with van der Waals surface area (Å²) in [4.78, 5) is 14.4. The second-order valence-electron chi connectivity index (χ2n) is 6.31. The molecule has 1 rings (SSSR count). The smallest absolute Gasteiger partial charge is 0.237 e. The summed E-state index contributed by atoms with van der Waals surface area (Å²) in [5.41, 5.74) is -0.202. The lowest BCUT2D eigenvalue weighted by atomic mass is 10.1. The highest BCUT2D eigenvalue weighted by Gasteiger charge is 2.30. The third-order valence-corrected chi connectivity index (χ3v) is 3.53. The zero-order valence-electron chi connectivity index (χ0n) is 12.2. The third-order valence-electron chi connectivity index (χ3n) is 3.53. The van der Waals surface area contributed by atoms with E-state index in [1.807, 2.05) is 27.7 Å². The van der Waals surface area contributed by atoms with E-state index >= 15 is 0 Å². The first-order chi connectivity index (χ1) is 8.35. The van der Waals surface area contributed by atoms with Gasteiger partial charge in [-0.2, -0.15) is 0 Å². The molecule has 0 radical (unpaired) electrons. The fourth-order valence-corrected chi connectivity index (χ4v) is 2.67. The molecule has 0 aromatic rings. The molecule has 0 bridgehead atoms. The number of aliphatic hydroxyl groups is 1. The van der Waals surface area contributed by atoms with Crippen molar-refractivity contribution in [3.63, 3.8) is 0 Å². The zero-order valence-corrected chi connectivity index (χ0v) is 12.2. The maximum absolute atomic E-state index is 12.2. The molecule has 0 aromatic carbocycles. The first kappa shape index (κ1) is 15.4. The summed E-state index contributed by atoms with van der Waals surface area (Å²) in [5, 5.41) is 12.2. The highest BCUT2D eigenvalue weighted by Crippen LogP contribution is 2.25. The Hall–Kier alpha value is -0.610. The van der Waals surface area contributed by atoms with Gasteiger partial charge in [0.2, 0.25) is 5.91 Å². The van der Waals surface area contributed by atoms with Crippen LogP contribution in [-0.4, -0.2) is 46.7 Å². The van der Waals surface area contributed by atoms with Gasteiger partial charge in [-0.15, -0.1) is 0 Å². The van der Waals surface area contributed by atoms with Crippen LogP contribution in [0.4, 0.5) is 0 Å². The van der Waals surface area contributed by atoms with E-state index in [2.05, 4.69) is 10.2 Å². The number of nitrogens with one attached hydrogen (secondary N) is 1. The van der Waals surface area contributed by atoms with Gasteiger partial charge in [-0.1, -0.05) is 12.8 Å². The minimum Gasteiger partial charge on any atom is -0.395 e. The van der Waals surface area contributed by atoms with Gasteiger partial charge in [0.15, 0.2) is 0 Å². The van der Waals surface area contributed by atoms with Gasteiger partial charge in [-0.05, 0) is 40.5 Å². The largest absolute Gasteiger partial charge is 0.395 e. The van der Waals surface area contributed by atoms with Gasteiger partial charge in [-0.25, -0.2) is 0 Å². The highest BCUT2D eigenvalue weighted by atomic mass is 16.3. The summed E-state index contributed by atoms with van der Waals surface area (Å²) < 4.78 is 0. The van der Waals surface area contributed by atoms with Crippen LogP contribution in [0.5, 0.6) is 0 Å².